The van der Waals surface area contributed by atoms with E-state index in [2.05, 4.69) is 5.32 Å². The Morgan fingerprint density at radius 1 is 0.677 bits per heavy atom. The molecular weight excluding hydrogens is 388 g/mol. The molecule has 1 N–H and O–H groups in total. The van der Waals surface area contributed by atoms with Crippen molar-refractivity contribution < 1.29 is 14.4 Å². The molecule has 0 radical (unpaired) electrons. The second-order valence-electron chi connectivity index (χ2n) is 8.15. The zero-order valence-electron chi connectivity index (χ0n) is 18.1. The third kappa shape index (κ3) is 6.78. The van der Waals surface area contributed by atoms with E-state index in [0.717, 1.165) is 50.5 Å². The quantitative estimate of drug-likeness (QED) is 0.362. The first-order chi connectivity index (χ1) is 15.2. The molecule has 0 saturated carbocycles. The first-order valence-electron chi connectivity index (χ1n) is 11.4. The fourth-order valence-electron chi connectivity index (χ4n) is 3.94. The lowest BCUT2D eigenvalue weighted by Gasteiger charge is -2.13. The molecule has 3 amide bonds. The zero-order chi connectivity index (χ0) is 21.9. The third-order valence-corrected chi connectivity index (χ3v) is 5.75. The molecule has 1 heterocycles. The largest absolute Gasteiger partial charge is 0.352 e. The number of benzene rings is 2. The van der Waals surface area contributed by atoms with E-state index in [0.29, 0.717) is 30.6 Å². The Morgan fingerprint density at radius 3 is 1.81 bits per heavy atom. The maximum absolute atomic E-state index is 12.3. The van der Waals surface area contributed by atoms with Gasteiger partial charge in [-0.3, -0.25) is 19.3 Å². The molecule has 164 valence electrons. The summed E-state index contributed by atoms with van der Waals surface area (Å²) >= 11 is 0. The van der Waals surface area contributed by atoms with Gasteiger partial charge in [0.25, 0.3) is 11.8 Å². The Kier molecular flexibility index (Phi) is 8.83. The Balaban J connectivity index is 1.16. The SMILES string of the molecule is O=C(CCCCCCCCCCN1C(=O)c2ccccc2C1=O)NCc1ccccc1. The maximum Gasteiger partial charge on any atom is 0.261 e. The van der Waals surface area contributed by atoms with Crippen LogP contribution in [0.3, 0.4) is 0 Å². The fraction of sp³-hybridized carbons (Fsp3) is 0.423. The van der Waals surface area contributed by atoms with Crippen molar-refractivity contribution in [2.75, 3.05) is 6.54 Å². The average Bonchev–Trinajstić information content (AvgIpc) is 3.04. The van der Waals surface area contributed by atoms with Gasteiger partial charge in [0.1, 0.15) is 0 Å². The molecular formula is C26H32N2O3. The van der Waals surface area contributed by atoms with Crippen molar-refractivity contribution in [3.8, 4) is 0 Å². The summed E-state index contributed by atoms with van der Waals surface area (Å²) in [6.45, 7) is 1.10. The van der Waals surface area contributed by atoms with Crippen LogP contribution in [0.2, 0.25) is 0 Å². The molecule has 2 aromatic carbocycles. The van der Waals surface area contributed by atoms with Crippen molar-refractivity contribution in [3.05, 3.63) is 71.3 Å². The van der Waals surface area contributed by atoms with Gasteiger partial charge in [-0.15, -0.1) is 0 Å². The standard InChI is InChI=1S/C26H32N2O3/c29-24(27-20-21-14-8-7-9-15-21)18-10-5-3-1-2-4-6-13-19-28-25(30)22-16-11-12-17-23(22)26(28)31/h7-9,11-12,14-17H,1-6,10,13,18-20H2,(H,27,29). The van der Waals surface area contributed by atoms with E-state index in [-0.39, 0.29) is 17.7 Å². The summed E-state index contributed by atoms with van der Waals surface area (Å²) in [5.41, 5.74) is 2.18. The zero-order valence-corrected chi connectivity index (χ0v) is 18.1. The summed E-state index contributed by atoms with van der Waals surface area (Å²) in [5, 5.41) is 2.97. The van der Waals surface area contributed by atoms with Crippen LogP contribution in [0.5, 0.6) is 0 Å². The molecule has 5 nitrogen and oxygen atoms in total. The molecule has 3 rings (SSSR count). The van der Waals surface area contributed by atoms with Gasteiger partial charge in [0.15, 0.2) is 0 Å². The van der Waals surface area contributed by atoms with Crippen molar-refractivity contribution in [1.29, 1.82) is 0 Å². The van der Waals surface area contributed by atoms with Crippen LogP contribution in [0.15, 0.2) is 54.6 Å². The van der Waals surface area contributed by atoms with Crippen LogP contribution in [-0.4, -0.2) is 29.2 Å². The van der Waals surface area contributed by atoms with Crippen LogP contribution in [-0.2, 0) is 11.3 Å². The molecule has 0 atom stereocenters. The molecule has 0 aliphatic carbocycles. The van der Waals surface area contributed by atoms with E-state index < -0.39 is 0 Å². The van der Waals surface area contributed by atoms with Gasteiger partial charge in [0, 0.05) is 19.5 Å². The second-order valence-corrected chi connectivity index (χ2v) is 8.15. The summed E-state index contributed by atoms with van der Waals surface area (Å²) in [4.78, 5) is 37.9. The molecule has 0 spiro atoms. The number of carbonyl (C=O) groups is 3. The number of fused-ring (bicyclic) bond motifs is 1. The van der Waals surface area contributed by atoms with Crippen LogP contribution in [0.25, 0.3) is 0 Å². The molecule has 0 saturated heterocycles. The maximum atomic E-state index is 12.3. The van der Waals surface area contributed by atoms with Gasteiger partial charge in [-0.2, -0.15) is 0 Å². The number of nitrogens with one attached hydrogen (secondary N) is 1. The number of hydrogen-bond donors (Lipinski definition) is 1. The number of amides is 3. The first kappa shape index (κ1) is 22.7. The Labute approximate surface area is 184 Å². The topological polar surface area (TPSA) is 66.5 Å². The predicted octanol–water partition coefficient (Wildman–Crippen LogP) is 5.11. The van der Waals surface area contributed by atoms with Crippen LogP contribution in [0.4, 0.5) is 0 Å². The highest BCUT2D eigenvalue weighted by Gasteiger charge is 2.34. The van der Waals surface area contributed by atoms with E-state index >= 15 is 0 Å². The molecule has 0 unspecified atom stereocenters. The highest BCUT2D eigenvalue weighted by atomic mass is 16.2. The normalized spacial score (nSPS) is 12.8. The Bertz CT molecular complexity index is 844. The molecule has 5 heteroatoms. The lowest BCUT2D eigenvalue weighted by atomic mass is 10.1. The van der Waals surface area contributed by atoms with Gasteiger partial charge in [-0.05, 0) is 30.5 Å². The molecule has 31 heavy (non-hydrogen) atoms. The van der Waals surface area contributed by atoms with Gasteiger partial charge >= 0.3 is 0 Å². The summed E-state index contributed by atoms with van der Waals surface area (Å²) in [6.07, 6.45) is 9.05. The number of carbonyl (C=O) groups excluding carboxylic acids is 3. The molecule has 0 fully saturated rings. The average molecular weight is 421 g/mol. The van der Waals surface area contributed by atoms with Crippen LogP contribution in [0.1, 0.15) is 84.1 Å². The van der Waals surface area contributed by atoms with E-state index in [1.165, 1.54) is 11.3 Å². The summed E-state index contributed by atoms with van der Waals surface area (Å²) in [5.74, 6) is -0.196. The molecule has 0 aromatic heterocycles. The number of imide groups is 1. The van der Waals surface area contributed by atoms with Crippen molar-refractivity contribution in [2.24, 2.45) is 0 Å². The van der Waals surface area contributed by atoms with Crippen molar-refractivity contribution in [1.82, 2.24) is 10.2 Å². The minimum atomic E-state index is -0.159. The minimum Gasteiger partial charge on any atom is -0.352 e. The molecule has 1 aliphatic rings. The highest BCUT2D eigenvalue weighted by Crippen LogP contribution is 2.23. The van der Waals surface area contributed by atoms with Crippen LogP contribution < -0.4 is 5.32 Å². The van der Waals surface area contributed by atoms with E-state index in [9.17, 15) is 14.4 Å². The molecule has 1 aliphatic heterocycles. The van der Waals surface area contributed by atoms with Gasteiger partial charge in [-0.1, -0.05) is 81.0 Å². The van der Waals surface area contributed by atoms with Gasteiger partial charge in [0.05, 0.1) is 11.1 Å². The lowest BCUT2D eigenvalue weighted by molar-refractivity contribution is -0.121. The third-order valence-electron chi connectivity index (χ3n) is 5.75. The Hall–Kier alpha value is -2.95. The van der Waals surface area contributed by atoms with E-state index in [1.807, 2.05) is 30.3 Å². The fourth-order valence-corrected chi connectivity index (χ4v) is 3.94. The molecule has 2 aromatic rings. The minimum absolute atomic E-state index is 0.122. The van der Waals surface area contributed by atoms with Gasteiger partial charge < -0.3 is 5.32 Å². The lowest BCUT2D eigenvalue weighted by Crippen LogP contribution is -2.30. The number of unbranched alkanes of at least 4 members (excludes halogenated alkanes) is 7. The van der Waals surface area contributed by atoms with Crippen LogP contribution in [0, 0.1) is 0 Å². The van der Waals surface area contributed by atoms with Crippen molar-refractivity contribution >= 4 is 17.7 Å². The number of hydrogen-bond acceptors (Lipinski definition) is 3. The van der Waals surface area contributed by atoms with Gasteiger partial charge in [-0.25, -0.2) is 0 Å². The first-order valence-corrected chi connectivity index (χ1v) is 11.4. The van der Waals surface area contributed by atoms with Crippen molar-refractivity contribution in [3.63, 3.8) is 0 Å². The number of rotatable bonds is 13. The van der Waals surface area contributed by atoms with Crippen LogP contribution >= 0.6 is 0 Å². The van der Waals surface area contributed by atoms with Crippen molar-refractivity contribution in [2.45, 2.75) is 64.3 Å². The summed E-state index contributed by atoms with van der Waals surface area (Å²) in [7, 11) is 0. The highest BCUT2D eigenvalue weighted by molar-refractivity contribution is 6.21. The number of nitrogens with zero attached hydrogens (tertiary/aromatic N) is 1. The second kappa shape index (κ2) is 12.0. The molecule has 0 bridgehead atoms. The smallest absolute Gasteiger partial charge is 0.261 e. The monoisotopic (exact) mass is 420 g/mol. The van der Waals surface area contributed by atoms with Gasteiger partial charge in [0.2, 0.25) is 5.91 Å². The Morgan fingerprint density at radius 2 is 1.19 bits per heavy atom. The summed E-state index contributed by atoms with van der Waals surface area (Å²) < 4.78 is 0. The van der Waals surface area contributed by atoms with E-state index in [4.69, 9.17) is 0 Å². The predicted molar refractivity (Wildman–Crippen MR) is 122 cm³/mol. The van der Waals surface area contributed by atoms with E-state index in [1.54, 1.807) is 24.3 Å². The summed E-state index contributed by atoms with van der Waals surface area (Å²) in [6, 6.07) is 17.0.